The quantitative estimate of drug-likeness (QED) is 0.268. The van der Waals surface area contributed by atoms with Crippen LogP contribution in [0.3, 0.4) is 0 Å². The summed E-state index contributed by atoms with van der Waals surface area (Å²) in [6, 6.07) is 18.0. The summed E-state index contributed by atoms with van der Waals surface area (Å²) in [6.45, 7) is 8.98. The summed E-state index contributed by atoms with van der Waals surface area (Å²) in [5.41, 5.74) is 2.14. The normalized spacial score (nSPS) is 28.1. The molecular formula is C28H37IO7. The van der Waals surface area contributed by atoms with Crippen molar-refractivity contribution >= 4 is 22.6 Å². The molecule has 5 atom stereocenters. The molecule has 2 saturated heterocycles. The van der Waals surface area contributed by atoms with E-state index in [0.717, 1.165) is 21.3 Å². The molecule has 8 heteroatoms. The minimum absolute atomic E-state index is 0.215. The molecule has 0 N–H and O–H groups in total. The van der Waals surface area contributed by atoms with Crippen LogP contribution >= 0.6 is 22.6 Å². The molecule has 2 aromatic carbocycles. The smallest absolute Gasteiger partial charge is 0.164 e. The van der Waals surface area contributed by atoms with E-state index >= 15 is 0 Å². The van der Waals surface area contributed by atoms with Gasteiger partial charge in [-0.25, -0.2) is 0 Å². The third-order valence-electron chi connectivity index (χ3n) is 6.31. The molecule has 0 aliphatic carbocycles. The second kappa shape index (κ2) is 12.1. The third-order valence-corrected chi connectivity index (χ3v) is 7.18. The predicted molar refractivity (Wildman–Crippen MR) is 144 cm³/mol. The van der Waals surface area contributed by atoms with E-state index in [1.165, 1.54) is 0 Å². The van der Waals surface area contributed by atoms with Gasteiger partial charge in [-0.3, -0.25) is 0 Å². The van der Waals surface area contributed by atoms with Gasteiger partial charge < -0.3 is 33.2 Å². The standard InChI is InChI=1S/C28H37IO7/c1-27(2)33-18-23(34-27)25-26(32-17-20-11-13-21(30-5)14-12-20)24(35-28(3,4)36-25)22(15-29)31-16-19-9-7-6-8-10-19/h6-14,22-26H,15-18H2,1-5H3/t22-,23+,24-,25+,26+/m0/s1. The van der Waals surface area contributed by atoms with Crippen LogP contribution in [0.25, 0.3) is 0 Å². The summed E-state index contributed by atoms with van der Waals surface area (Å²) in [7, 11) is 1.66. The van der Waals surface area contributed by atoms with Crippen LogP contribution in [0.15, 0.2) is 54.6 Å². The Kier molecular flexibility index (Phi) is 9.30. The molecule has 2 fully saturated rings. The van der Waals surface area contributed by atoms with Crippen molar-refractivity contribution in [1.82, 2.24) is 0 Å². The molecule has 2 heterocycles. The van der Waals surface area contributed by atoms with Crippen LogP contribution in [-0.2, 0) is 41.6 Å². The van der Waals surface area contributed by atoms with Gasteiger partial charge in [0.2, 0.25) is 0 Å². The first-order valence-electron chi connectivity index (χ1n) is 12.3. The number of hydrogen-bond acceptors (Lipinski definition) is 7. The molecule has 0 unspecified atom stereocenters. The Hall–Kier alpha value is -1.27. The topological polar surface area (TPSA) is 64.6 Å². The fourth-order valence-corrected chi connectivity index (χ4v) is 5.32. The van der Waals surface area contributed by atoms with Crippen molar-refractivity contribution in [2.45, 2.75) is 83.0 Å². The first-order valence-corrected chi connectivity index (χ1v) is 13.9. The van der Waals surface area contributed by atoms with Crippen LogP contribution in [0.1, 0.15) is 38.8 Å². The third kappa shape index (κ3) is 7.18. The van der Waals surface area contributed by atoms with Gasteiger partial charge in [0.25, 0.3) is 0 Å². The maximum Gasteiger partial charge on any atom is 0.164 e. The minimum atomic E-state index is -0.842. The van der Waals surface area contributed by atoms with Gasteiger partial charge in [-0.15, -0.1) is 0 Å². The Bertz CT molecular complexity index is 950. The molecule has 0 radical (unpaired) electrons. The molecule has 4 rings (SSSR count). The van der Waals surface area contributed by atoms with Crippen LogP contribution in [-0.4, -0.2) is 60.2 Å². The number of rotatable bonds is 10. The van der Waals surface area contributed by atoms with Crippen molar-refractivity contribution < 1.29 is 33.2 Å². The molecule has 0 bridgehead atoms. The number of ether oxygens (including phenoxy) is 7. The summed E-state index contributed by atoms with van der Waals surface area (Å²) in [6.07, 6.45) is -1.71. The number of hydrogen-bond donors (Lipinski definition) is 0. The van der Waals surface area contributed by atoms with Gasteiger partial charge >= 0.3 is 0 Å². The van der Waals surface area contributed by atoms with Crippen molar-refractivity contribution in [3.05, 3.63) is 65.7 Å². The molecular weight excluding hydrogens is 575 g/mol. The number of methoxy groups -OCH3 is 1. The molecule has 0 amide bonds. The molecule has 0 saturated carbocycles. The Morgan fingerprint density at radius 2 is 1.58 bits per heavy atom. The first kappa shape index (κ1) is 27.8. The monoisotopic (exact) mass is 612 g/mol. The van der Waals surface area contributed by atoms with E-state index in [1.807, 2.05) is 70.2 Å². The second-order valence-corrected chi connectivity index (χ2v) is 10.9. The maximum atomic E-state index is 6.57. The Labute approximate surface area is 227 Å². The van der Waals surface area contributed by atoms with Gasteiger partial charge in [-0.05, 0) is 51.0 Å². The van der Waals surface area contributed by atoms with Crippen molar-refractivity contribution in [2.24, 2.45) is 0 Å². The second-order valence-electron chi connectivity index (χ2n) is 10.0. The molecule has 2 aliphatic rings. The highest BCUT2D eigenvalue weighted by atomic mass is 127. The molecule has 2 aromatic rings. The molecule has 7 nitrogen and oxygen atoms in total. The van der Waals surface area contributed by atoms with Crippen molar-refractivity contribution in [2.75, 3.05) is 18.1 Å². The fourth-order valence-electron chi connectivity index (χ4n) is 4.57. The molecule has 198 valence electrons. The van der Waals surface area contributed by atoms with E-state index in [0.29, 0.717) is 19.8 Å². The van der Waals surface area contributed by atoms with E-state index in [1.54, 1.807) is 7.11 Å². The lowest BCUT2D eigenvalue weighted by Crippen LogP contribution is -2.63. The van der Waals surface area contributed by atoms with Crippen LogP contribution in [0.5, 0.6) is 5.75 Å². The Morgan fingerprint density at radius 3 is 2.19 bits per heavy atom. The van der Waals surface area contributed by atoms with Gasteiger partial charge in [0, 0.05) is 4.43 Å². The number of benzene rings is 2. The number of halogens is 1. The van der Waals surface area contributed by atoms with Gasteiger partial charge in [0.1, 0.15) is 30.2 Å². The minimum Gasteiger partial charge on any atom is -0.497 e. The van der Waals surface area contributed by atoms with E-state index in [2.05, 4.69) is 34.7 Å². The van der Waals surface area contributed by atoms with E-state index in [4.69, 9.17) is 33.2 Å². The van der Waals surface area contributed by atoms with Gasteiger partial charge in [0.05, 0.1) is 33.0 Å². The van der Waals surface area contributed by atoms with E-state index in [9.17, 15) is 0 Å². The molecule has 0 aromatic heterocycles. The van der Waals surface area contributed by atoms with E-state index < -0.39 is 23.8 Å². The van der Waals surface area contributed by atoms with Gasteiger partial charge in [0.15, 0.2) is 11.6 Å². The largest absolute Gasteiger partial charge is 0.497 e. The van der Waals surface area contributed by atoms with Crippen molar-refractivity contribution in [1.29, 1.82) is 0 Å². The fraction of sp³-hybridized carbons (Fsp3) is 0.571. The average molecular weight is 613 g/mol. The van der Waals surface area contributed by atoms with Crippen LogP contribution in [0.2, 0.25) is 0 Å². The van der Waals surface area contributed by atoms with E-state index in [-0.39, 0.29) is 18.3 Å². The number of alkyl halides is 1. The molecule has 2 aliphatic heterocycles. The molecule has 0 spiro atoms. The van der Waals surface area contributed by atoms with Crippen molar-refractivity contribution in [3.63, 3.8) is 0 Å². The summed E-state index contributed by atoms with van der Waals surface area (Å²) in [5.74, 6) is -0.719. The molecule has 36 heavy (non-hydrogen) atoms. The highest BCUT2D eigenvalue weighted by Gasteiger charge is 2.53. The summed E-state index contributed by atoms with van der Waals surface area (Å²) in [4.78, 5) is 0. The lowest BCUT2D eigenvalue weighted by molar-refractivity contribution is -0.365. The summed E-state index contributed by atoms with van der Waals surface area (Å²) < 4.78 is 44.1. The average Bonchev–Trinajstić information content (AvgIpc) is 3.23. The van der Waals surface area contributed by atoms with Crippen molar-refractivity contribution in [3.8, 4) is 5.75 Å². The SMILES string of the molecule is COc1ccc(CO[C@@H]2[C@H]([C@H](CI)OCc3ccccc3)OC(C)(C)O[C@@H]2[C@H]2COC(C)(C)O2)cc1. The van der Waals surface area contributed by atoms with Crippen LogP contribution in [0.4, 0.5) is 0 Å². The Morgan fingerprint density at radius 1 is 0.889 bits per heavy atom. The Balaban J connectivity index is 1.57. The summed E-state index contributed by atoms with van der Waals surface area (Å²) in [5, 5.41) is 0. The van der Waals surface area contributed by atoms with Gasteiger partial charge in [-0.1, -0.05) is 65.1 Å². The zero-order valence-corrected chi connectivity index (χ0v) is 23.8. The van der Waals surface area contributed by atoms with Gasteiger partial charge in [-0.2, -0.15) is 0 Å². The maximum absolute atomic E-state index is 6.57. The predicted octanol–water partition coefficient (Wildman–Crippen LogP) is 5.27. The highest BCUT2D eigenvalue weighted by Crippen LogP contribution is 2.38. The van der Waals surface area contributed by atoms with Crippen LogP contribution in [0, 0.1) is 0 Å². The van der Waals surface area contributed by atoms with Crippen LogP contribution < -0.4 is 4.74 Å². The zero-order valence-electron chi connectivity index (χ0n) is 21.6. The lowest BCUT2D eigenvalue weighted by Gasteiger charge is -2.48. The first-order chi connectivity index (χ1) is 17.2. The lowest BCUT2D eigenvalue weighted by atomic mass is 9.96. The highest BCUT2D eigenvalue weighted by molar-refractivity contribution is 14.1. The summed E-state index contributed by atoms with van der Waals surface area (Å²) >= 11 is 2.35. The zero-order chi connectivity index (χ0) is 25.8.